The fraction of sp³-hybridized carbons (Fsp3) is 0.429. The minimum atomic E-state index is -0.145. The maximum Gasteiger partial charge on any atom is 0.322 e. The average Bonchev–Trinajstić information content (AvgIpc) is 3.17. The van der Waals surface area contributed by atoms with Crippen molar-refractivity contribution in [2.24, 2.45) is 0 Å². The highest BCUT2D eigenvalue weighted by molar-refractivity contribution is 5.88. The van der Waals surface area contributed by atoms with Gasteiger partial charge in [0.1, 0.15) is 0 Å². The zero-order valence-corrected chi connectivity index (χ0v) is 11.6. The summed E-state index contributed by atoms with van der Waals surface area (Å²) in [5.41, 5.74) is 1.02. The quantitative estimate of drug-likeness (QED) is 0.864. The Morgan fingerprint density at radius 1 is 1.48 bits per heavy atom. The van der Waals surface area contributed by atoms with Crippen molar-refractivity contribution in [1.82, 2.24) is 20.5 Å². The molecule has 1 aliphatic rings. The maximum absolute atomic E-state index is 11.8. The molecule has 1 amide bonds. The van der Waals surface area contributed by atoms with E-state index >= 15 is 0 Å². The molecule has 0 aromatic carbocycles. The van der Waals surface area contributed by atoms with E-state index in [4.69, 9.17) is 4.42 Å². The molecule has 7 nitrogen and oxygen atoms in total. The summed E-state index contributed by atoms with van der Waals surface area (Å²) in [4.78, 5) is 15.9. The molecule has 110 valence electrons. The molecule has 1 unspecified atom stereocenters. The molecular formula is C14H17N5O2. The van der Waals surface area contributed by atoms with Crippen molar-refractivity contribution in [1.29, 1.82) is 0 Å². The average molecular weight is 287 g/mol. The first-order valence-electron chi connectivity index (χ1n) is 7.07. The molecule has 2 aromatic heterocycles. The van der Waals surface area contributed by atoms with Gasteiger partial charge in [-0.25, -0.2) is 0 Å². The van der Waals surface area contributed by atoms with Crippen LogP contribution < -0.4 is 10.6 Å². The van der Waals surface area contributed by atoms with Gasteiger partial charge in [0.15, 0.2) is 0 Å². The second-order valence-corrected chi connectivity index (χ2v) is 5.00. The smallest absolute Gasteiger partial charge is 0.322 e. The lowest BCUT2D eigenvalue weighted by Crippen LogP contribution is -2.13. The van der Waals surface area contributed by atoms with Crippen LogP contribution in [0.2, 0.25) is 0 Å². The molecule has 3 heterocycles. The molecule has 0 aliphatic carbocycles. The summed E-state index contributed by atoms with van der Waals surface area (Å²) in [5, 5.41) is 13.7. The van der Waals surface area contributed by atoms with Crippen molar-refractivity contribution >= 4 is 11.9 Å². The summed E-state index contributed by atoms with van der Waals surface area (Å²) in [7, 11) is 0. The van der Waals surface area contributed by atoms with E-state index in [-0.39, 0.29) is 18.0 Å². The van der Waals surface area contributed by atoms with Crippen LogP contribution in [0.15, 0.2) is 28.9 Å². The van der Waals surface area contributed by atoms with Crippen molar-refractivity contribution in [3.05, 3.63) is 36.0 Å². The Bertz CT molecular complexity index is 592. The van der Waals surface area contributed by atoms with Gasteiger partial charge in [0.2, 0.25) is 11.8 Å². The predicted octanol–water partition coefficient (Wildman–Crippen LogP) is 1.46. The van der Waals surface area contributed by atoms with Crippen molar-refractivity contribution in [3.8, 4) is 0 Å². The fourth-order valence-corrected chi connectivity index (χ4v) is 2.31. The van der Waals surface area contributed by atoms with Gasteiger partial charge in [-0.05, 0) is 37.4 Å². The monoisotopic (exact) mass is 287 g/mol. The van der Waals surface area contributed by atoms with Gasteiger partial charge in [-0.1, -0.05) is 11.2 Å². The van der Waals surface area contributed by atoms with Gasteiger partial charge in [-0.15, -0.1) is 5.10 Å². The van der Waals surface area contributed by atoms with Crippen LogP contribution in [0, 0.1) is 0 Å². The highest BCUT2D eigenvalue weighted by atomic mass is 16.4. The third-order valence-corrected chi connectivity index (χ3v) is 3.41. The Balaban J connectivity index is 1.50. The molecule has 0 bridgehead atoms. The molecular weight excluding hydrogens is 270 g/mol. The van der Waals surface area contributed by atoms with Crippen LogP contribution in [0.1, 0.15) is 36.8 Å². The van der Waals surface area contributed by atoms with Crippen LogP contribution in [0.25, 0.3) is 0 Å². The molecule has 0 saturated carbocycles. The third-order valence-electron chi connectivity index (χ3n) is 3.41. The van der Waals surface area contributed by atoms with Gasteiger partial charge in [0, 0.05) is 18.8 Å². The fourth-order valence-electron chi connectivity index (χ4n) is 2.31. The third kappa shape index (κ3) is 3.63. The summed E-state index contributed by atoms with van der Waals surface area (Å²) >= 11 is 0. The molecule has 2 N–H and O–H groups in total. The molecule has 3 rings (SSSR count). The number of aromatic nitrogens is 3. The molecule has 7 heteroatoms. The normalized spacial score (nSPS) is 17.8. The summed E-state index contributed by atoms with van der Waals surface area (Å²) in [6, 6.07) is 4.07. The van der Waals surface area contributed by atoms with E-state index in [1.807, 2.05) is 12.1 Å². The molecule has 1 aliphatic heterocycles. The number of carbonyl (C=O) groups is 1. The lowest BCUT2D eigenvalue weighted by Gasteiger charge is -2.03. The number of nitrogens with one attached hydrogen (secondary N) is 2. The number of amides is 1. The highest BCUT2D eigenvalue weighted by Crippen LogP contribution is 2.22. The number of hydrogen-bond donors (Lipinski definition) is 2. The summed E-state index contributed by atoms with van der Waals surface area (Å²) in [5.74, 6) is 0.392. The van der Waals surface area contributed by atoms with Gasteiger partial charge >= 0.3 is 6.01 Å². The number of anilines is 1. The molecule has 1 saturated heterocycles. The van der Waals surface area contributed by atoms with Crippen LogP contribution >= 0.6 is 0 Å². The first-order chi connectivity index (χ1) is 10.3. The Hall–Kier alpha value is -2.28. The van der Waals surface area contributed by atoms with Crippen molar-refractivity contribution in [2.45, 2.75) is 31.7 Å². The Kier molecular flexibility index (Phi) is 4.20. The van der Waals surface area contributed by atoms with Gasteiger partial charge in [0.05, 0.1) is 6.04 Å². The molecule has 0 spiro atoms. The molecule has 0 radical (unpaired) electrons. The van der Waals surface area contributed by atoms with E-state index in [0.29, 0.717) is 18.7 Å². The van der Waals surface area contributed by atoms with Crippen molar-refractivity contribution < 1.29 is 9.21 Å². The Labute approximate surface area is 122 Å². The summed E-state index contributed by atoms with van der Waals surface area (Å²) < 4.78 is 5.46. The van der Waals surface area contributed by atoms with Gasteiger partial charge in [-0.2, -0.15) is 0 Å². The van der Waals surface area contributed by atoms with Crippen LogP contribution in [-0.4, -0.2) is 27.6 Å². The standard InChI is InChI=1S/C14H17N5O2/c20-12(6-5-10-3-1-7-15-9-10)17-14-19-18-13(21-14)11-4-2-8-16-11/h1,3,7,9,11,16H,2,4-6,8H2,(H,17,19,20). The highest BCUT2D eigenvalue weighted by Gasteiger charge is 2.22. The van der Waals surface area contributed by atoms with E-state index in [1.54, 1.807) is 12.4 Å². The lowest BCUT2D eigenvalue weighted by molar-refractivity contribution is -0.116. The number of carbonyl (C=O) groups excluding carboxylic acids is 1. The minimum Gasteiger partial charge on any atom is -0.406 e. The molecule has 21 heavy (non-hydrogen) atoms. The minimum absolute atomic E-state index is 0.110. The first-order valence-corrected chi connectivity index (χ1v) is 7.07. The lowest BCUT2D eigenvalue weighted by atomic mass is 10.1. The molecule has 2 aromatic rings. The van der Waals surface area contributed by atoms with Crippen LogP contribution in [0.4, 0.5) is 6.01 Å². The van der Waals surface area contributed by atoms with E-state index in [9.17, 15) is 4.79 Å². The number of aryl methyl sites for hydroxylation is 1. The predicted molar refractivity (Wildman–Crippen MR) is 75.5 cm³/mol. The van der Waals surface area contributed by atoms with Gasteiger partial charge in [-0.3, -0.25) is 15.1 Å². The number of pyridine rings is 1. The Morgan fingerprint density at radius 2 is 2.43 bits per heavy atom. The molecule has 1 fully saturated rings. The topological polar surface area (TPSA) is 92.9 Å². The zero-order chi connectivity index (χ0) is 14.5. The number of hydrogen-bond acceptors (Lipinski definition) is 6. The van der Waals surface area contributed by atoms with Crippen LogP contribution in [-0.2, 0) is 11.2 Å². The number of rotatable bonds is 5. The number of nitrogens with zero attached hydrogens (tertiary/aromatic N) is 3. The summed E-state index contributed by atoms with van der Waals surface area (Å²) in [6.45, 7) is 0.958. The van der Waals surface area contributed by atoms with E-state index in [0.717, 1.165) is 24.9 Å². The maximum atomic E-state index is 11.8. The first kappa shape index (κ1) is 13.7. The van der Waals surface area contributed by atoms with Gasteiger partial charge in [0.25, 0.3) is 0 Å². The van der Waals surface area contributed by atoms with Crippen molar-refractivity contribution in [2.75, 3.05) is 11.9 Å². The van der Waals surface area contributed by atoms with E-state index in [1.165, 1.54) is 0 Å². The van der Waals surface area contributed by atoms with E-state index < -0.39 is 0 Å². The van der Waals surface area contributed by atoms with Crippen LogP contribution in [0.3, 0.4) is 0 Å². The van der Waals surface area contributed by atoms with Crippen molar-refractivity contribution in [3.63, 3.8) is 0 Å². The van der Waals surface area contributed by atoms with Gasteiger partial charge < -0.3 is 9.73 Å². The second kappa shape index (κ2) is 6.45. The largest absolute Gasteiger partial charge is 0.406 e. The van der Waals surface area contributed by atoms with E-state index in [2.05, 4.69) is 25.8 Å². The Morgan fingerprint density at radius 3 is 3.19 bits per heavy atom. The summed E-state index contributed by atoms with van der Waals surface area (Å²) in [6.07, 6.45) is 6.52. The molecule has 1 atom stereocenters. The zero-order valence-electron chi connectivity index (χ0n) is 11.6. The SMILES string of the molecule is O=C(CCc1cccnc1)Nc1nnc(C2CCCN2)o1. The van der Waals surface area contributed by atoms with Crippen LogP contribution in [0.5, 0.6) is 0 Å². The second-order valence-electron chi connectivity index (χ2n) is 5.00.